The molecule has 0 saturated carbocycles. The van der Waals surface area contributed by atoms with E-state index in [-0.39, 0.29) is 88.0 Å². The number of carboxylic acid groups (broad SMARTS) is 1. The summed E-state index contributed by atoms with van der Waals surface area (Å²) in [5.41, 5.74) is 7.05. The molecule has 3 aliphatic rings. The third-order valence-electron chi connectivity index (χ3n) is 15.0. The average molecular weight is 1180 g/mol. The van der Waals surface area contributed by atoms with Gasteiger partial charge in [0.25, 0.3) is 0 Å². The van der Waals surface area contributed by atoms with E-state index in [4.69, 9.17) is 15.6 Å². The van der Waals surface area contributed by atoms with Crippen molar-refractivity contribution in [2.75, 3.05) is 51.7 Å². The number of ether oxygens (including phenoxy) is 1. The lowest BCUT2D eigenvalue weighted by molar-refractivity contribution is -0.145. The van der Waals surface area contributed by atoms with Crippen molar-refractivity contribution in [1.29, 1.82) is 0 Å². The maximum atomic E-state index is 14.8. The van der Waals surface area contributed by atoms with Gasteiger partial charge in [0.05, 0.1) is 55.4 Å². The van der Waals surface area contributed by atoms with E-state index in [1.807, 2.05) is 0 Å². The highest BCUT2D eigenvalue weighted by atomic mass is 32.2. The fourth-order valence-corrected chi connectivity index (χ4v) is 11.1. The molecule has 9 amide bonds. The van der Waals surface area contributed by atoms with E-state index in [0.29, 0.717) is 46.3 Å². The van der Waals surface area contributed by atoms with Gasteiger partial charge in [-0.05, 0) is 54.9 Å². The second-order valence-electron chi connectivity index (χ2n) is 21.4. The van der Waals surface area contributed by atoms with Gasteiger partial charge in [-0.15, -0.1) is 11.8 Å². The van der Waals surface area contributed by atoms with Crippen LogP contribution >= 0.6 is 11.8 Å². The molecule has 5 rings (SSSR count). The Hall–Kier alpha value is -7.52. The third kappa shape index (κ3) is 19.8. The summed E-state index contributed by atoms with van der Waals surface area (Å²) in [6.07, 6.45) is -1.36. The number of aliphatic hydroxyl groups excluding tert-OH is 1. The highest BCUT2D eigenvalue weighted by Gasteiger charge is 2.44. The molecule has 1 saturated heterocycles. The number of benzene rings is 1. The van der Waals surface area contributed by atoms with Gasteiger partial charge in [0, 0.05) is 98.8 Å². The lowest BCUT2D eigenvalue weighted by atomic mass is 9.86. The number of nitrogens with two attached hydrogens (primary N) is 1. The summed E-state index contributed by atoms with van der Waals surface area (Å²) in [6.45, 7) is 7.07. The number of thioether (sulfide) groups is 1. The van der Waals surface area contributed by atoms with Crippen LogP contribution in [-0.2, 0) is 79.9 Å². The largest absolute Gasteiger partial charge is 0.478 e. The number of amides is 9. The molecule has 0 spiro atoms. The molecule has 2 aromatic rings. The molecule has 27 heteroatoms. The van der Waals surface area contributed by atoms with Gasteiger partial charge in [-0.25, -0.2) is 4.79 Å². The highest BCUT2D eigenvalue weighted by molar-refractivity contribution is 7.99. The second kappa shape index (κ2) is 31.8. The summed E-state index contributed by atoms with van der Waals surface area (Å²) in [4.78, 5) is 179. The topological polar surface area (TPSA) is 401 Å². The first-order valence-corrected chi connectivity index (χ1v) is 29.0. The van der Waals surface area contributed by atoms with Gasteiger partial charge < -0.3 is 67.8 Å². The summed E-state index contributed by atoms with van der Waals surface area (Å²) in [5, 5.41) is 39.1. The maximum absolute atomic E-state index is 14.8. The molecule has 454 valence electrons. The number of carboxylic acids is 1. The fourth-order valence-electron chi connectivity index (χ4n) is 9.90. The van der Waals surface area contributed by atoms with Crippen LogP contribution in [0.4, 0.5) is 0 Å². The van der Waals surface area contributed by atoms with Crippen molar-refractivity contribution in [3.63, 3.8) is 0 Å². The van der Waals surface area contributed by atoms with Crippen LogP contribution in [0.3, 0.4) is 0 Å². The van der Waals surface area contributed by atoms with E-state index in [9.17, 15) is 67.4 Å². The minimum Gasteiger partial charge on any atom is -0.478 e. The van der Waals surface area contributed by atoms with Crippen molar-refractivity contribution in [3.05, 3.63) is 41.0 Å². The van der Waals surface area contributed by atoms with E-state index < -0.39 is 151 Å². The minimum atomic E-state index is -1.46. The Morgan fingerprint density at radius 1 is 0.831 bits per heavy atom. The molecule has 83 heavy (non-hydrogen) atoms. The molecular formula is C56H78N10O16S. The molecule has 1 fully saturated rings. The number of ketones is 3. The summed E-state index contributed by atoms with van der Waals surface area (Å²) in [5.74, 6) is -13.2. The van der Waals surface area contributed by atoms with Gasteiger partial charge in [-0.1, -0.05) is 46.6 Å². The van der Waals surface area contributed by atoms with Crippen LogP contribution in [0.15, 0.2) is 34.9 Å². The van der Waals surface area contributed by atoms with E-state index in [1.54, 1.807) is 45.9 Å². The predicted octanol–water partition coefficient (Wildman–Crippen LogP) is -0.842. The number of carbonyl (C=O) groups excluding carboxylic acids is 12. The number of hydrogen-bond donors (Lipinski definition) is 11. The molecule has 3 aliphatic heterocycles. The number of Topliss-reactive ketones (excluding diaryl/α,β-unsaturated/α-hetero) is 3. The van der Waals surface area contributed by atoms with Crippen molar-refractivity contribution >= 4 is 99.1 Å². The molecule has 2 bridgehead atoms. The lowest BCUT2D eigenvalue weighted by Gasteiger charge is -2.31. The van der Waals surface area contributed by atoms with Gasteiger partial charge in [0.15, 0.2) is 11.6 Å². The predicted molar refractivity (Wildman–Crippen MR) is 300 cm³/mol. The Morgan fingerprint density at radius 3 is 2.20 bits per heavy atom. The molecule has 4 heterocycles. The van der Waals surface area contributed by atoms with Crippen LogP contribution in [0.25, 0.3) is 10.9 Å². The van der Waals surface area contributed by atoms with Crippen molar-refractivity contribution in [2.45, 2.75) is 141 Å². The van der Waals surface area contributed by atoms with Gasteiger partial charge in [-0.3, -0.25) is 57.5 Å². The van der Waals surface area contributed by atoms with E-state index >= 15 is 0 Å². The Morgan fingerprint density at radius 2 is 1.52 bits per heavy atom. The Balaban J connectivity index is 1.48. The quantitative estimate of drug-likeness (QED) is 0.0569. The van der Waals surface area contributed by atoms with Crippen molar-refractivity contribution in [1.82, 2.24) is 47.1 Å². The Labute approximate surface area is 484 Å². The molecule has 0 aliphatic carbocycles. The SMILES string of the molecule is CCC(C)[C@@H]1NC(=O)[C@@H]2C[C@@H](O)CN2C(=O)[C@H](CC(N)=O)CC(=O)[C@@H]2CSc3[nH]c4ccc(CC(=O)CCCNC(=O)CCOCCNC(=O)/C=C(/C)C(=O)O)cc4c3C[C@H](CC1=O)C(=O)NCC(=O)N[C@@H]([C@@H](C)CC)C(=O)NCC(=O)N2. The summed E-state index contributed by atoms with van der Waals surface area (Å²) >= 11 is 1.05. The van der Waals surface area contributed by atoms with E-state index in [1.165, 1.54) is 6.92 Å². The Bertz CT molecular complexity index is 2820. The molecule has 1 aromatic carbocycles. The first-order chi connectivity index (χ1) is 39.4. The normalized spacial score (nSPS) is 23.6. The molecule has 9 atom stereocenters. The number of fused-ring (bicyclic) bond motifs is 5. The van der Waals surface area contributed by atoms with Crippen molar-refractivity contribution in [3.8, 4) is 0 Å². The average Bonchev–Trinajstić information content (AvgIpc) is 4.02. The molecule has 1 aromatic heterocycles. The third-order valence-corrected chi connectivity index (χ3v) is 16.1. The fraction of sp³-hybridized carbons (Fsp3) is 0.589. The molecule has 0 radical (unpaired) electrons. The van der Waals surface area contributed by atoms with E-state index in [0.717, 1.165) is 22.7 Å². The maximum Gasteiger partial charge on any atom is 0.331 e. The summed E-state index contributed by atoms with van der Waals surface area (Å²) in [6, 6.07) is 0.00764. The minimum absolute atomic E-state index is 0.00769. The number of rotatable bonds is 20. The number of aromatic amines is 1. The molecule has 1 unspecified atom stereocenters. The number of nitrogens with one attached hydrogen (secondary N) is 8. The monoisotopic (exact) mass is 1180 g/mol. The number of aliphatic carboxylic acids is 1. The molecule has 26 nitrogen and oxygen atoms in total. The van der Waals surface area contributed by atoms with Crippen LogP contribution in [0.2, 0.25) is 0 Å². The van der Waals surface area contributed by atoms with Crippen LogP contribution in [-0.4, -0.2) is 179 Å². The number of nitrogens with zero attached hydrogens (tertiary/aromatic N) is 1. The summed E-state index contributed by atoms with van der Waals surface area (Å²) in [7, 11) is 0. The first-order valence-electron chi connectivity index (χ1n) is 28.0. The van der Waals surface area contributed by atoms with Crippen LogP contribution in [0.5, 0.6) is 0 Å². The molecular weight excluding hydrogens is 1100 g/mol. The number of primary amides is 1. The van der Waals surface area contributed by atoms with Crippen molar-refractivity contribution in [2.24, 2.45) is 29.4 Å². The smallest absolute Gasteiger partial charge is 0.331 e. The number of carbonyl (C=O) groups is 13. The standard InChI is InChI=1S/C56H78N10O16S/c1-6-29(3)49-43(70)21-33-20-38-37-19-32(18-35(67)9-8-13-58-45(72)12-15-82-16-14-59-46(73)17-31(5)56(80)81)10-11-39(37)63-54(38)83-28-40(62-47(74)25-61-53(78)50(30(4)7-2)64-48(75)26-60-51(33)76)42(69)22-34(23-44(57)71)55(79)66-27-36(68)24-41(66)52(77)65-49/h10-11,17,19,29-30,33-34,36,40-41,49-50,63,68H,6-9,12-16,18,20-28H2,1-5H3,(H2,57,71)(H,58,72)(H,59,73)(H,60,76)(H,61,78)(H,62,74)(H,64,75)(H,65,77)(H,80,81)/b31-17-/t29?,30-,33+,34-,36+,40-,41-,49-,50-/m0/s1. The number of aliphatic hydroxyl groups is 1. The van der Waals surface area contributed by atoms with Gasteiger partial charge in [0.1, 0.15) is 17.9 Å². The highest BCUT2D eigenvalue weighted by Crippen LogP contribution is 2.35. The van der Waals surface area contributed by atoms with Gasteiger partial charge in [-0.2, -0.15) is 0 Å². The molecule has 12 N–H and O–H groups in total. The first kappa shape index (κ1) is 66.3. The van der Waals surface area contributed by atoms with Crippen LogP contribution in [0.1, 0.15) is 104 Å². The van der Waals surface area contributed by atoms with E-state index in [2.05, 4.69) is 42.2 Å². The number of aromatic nitrogens is 1. The number of hydrogen-bond acceptors (Lipinski definition) is 16. The Kier molecular flexibility index (Phi) is 25.4. The van der Waals surface area contributed by atoms with Crippen molar-refractivity contribution < 1.29 is 77.3 Å². The van der Waals surface area contributed by atoms with Crippen LogP contribution < -0.4 is 43.0 Å². The lowest BCUT2D eigenvalue weighted by Crippen LogP contribution is -2.55. The summed E-state index contributed by atoms with van der Waals surface area (Å²) < 4.78 is 5.38. The van der Waals surface area contributed by atoms with Gasteiger partial charge >= 0.3 is 5.97 Å². The zero-order chi connectivity index (χ0) is 61.1. The zero-order valence-electron chi connectivity index (χ0n) is 47.5. The second-order valence-corrected chi connectivity index (χ2v) is 22.5. The number of H-pyrrole nitrogens is 1. The zero-order valence-corrected chi connectivity index (χ0v) is 48.3. The van der Waals surface area contributed by atoms with Crippen LogP contribution in [0, 0.1) is 23.7 Å². The van der Waals surface area contributed by atoms with Gasteiger partial charge in [0.2, 0.25) is 53.2 Å².